The number of ether oxygens (including phenoxy) is 1. The Bertz CT molecular complexity index is 1120. The van der Waals surface area contributed by atoms with Crippen LogP contribution in [-0.4, -0.2) is 33.7 Å². The number of nitrogens with one attached hydrogen (secondary N) is 1. The van der Waals surface area contributed by atoms with Crippen molar-refractivity contribution in [2.24, 2.45) is 0 Å². The van der Waals surface area contributed by atoms with E-state index in [4.69, 9.17) is 4.74 Å². The van der Waals surface area contributed by atoms with Gasteiger partial charge in [-0.3, -0.25) is 10.1 Å². The number of hydrogen-bond acceptors (Lipinski definition) is 5. The first kappa shape index (κ1) is 20.3. The van der Waals surface area contributed by atoms with E-state index >= 15 is 0 Å². The van der Waals surface area contributed by atoms with E-state index in [1.807, 2.05) is 54.0 Å². The molecule has 30 heavy (non-hydrogen) atoms. The molecular weight excluding hydrogens is 396 g/mol. The van der Waals surface area contributed by atoms with Crippen LogP contribution in [0.2, 0.25) is 0 Å². The lowest BCUT2D eigenvalue weighted by molar-refractivity contribution is 0.102. The highest BCUT2D eigenvalue weighted by molar-refractivity contribution is 7.09. The van der Waals surface area contributed by atoms with Crippen molar-refractivity contribution >= 4 is 34.2 Å². The molecule has 0 unspecified atom stereocenters. The predicted octanol–water partition coefficient (Wildman–Crippen LogP) is 4.76. The molecule has 2 aromatic carbocycles. The smallest absolute Gasteiger partial charge is 0.277 e. The van der Waals surface area contributed by atoms with Crippen molar-refractivity contribution in [3.05, 3.63) is 76.2 Å². The second-order valence-corrected chi connectivity index (χ2v) is 7.81. The summed E-state index contributed by atoms with van der Waals surface area (Å²) in [6.45, 7) is 4.07. The molecule has 0 aliphatic rings. The van der Waals surface area contributed by atoms with Crippen LogP contribution in [0.1, 0.15) is 34.4 Å². The first-order valence-corrected chi connectivity index (χ1v) is 10.9. The fourth-order valence-electron chi connectivity index (χ4n) is 3.30. The van der Waals surface area contributed by atoms with E-state index in [0.717, 1.165) is 22.5 Å². The number of para-hydroxylation sites is 2. The van der Waals surface area contributed by atoms with Gasteiger partial charge in [0.25, 0.3) is 5.91 Å². The maximum Gasteiger partial charge on any atom is 0.277 e. The molecule has 1 N–H and O–H groups in total. The van der Waals surface area contributed by atoms with Gasteiger partial charge in [0, 0.05) is 31.6 Å². The number of imidazole rings is 1. The van der Waals surface area contributed by atoms with E-state index in [1.54, 1.807) is 5.38 Å². The third-order valence-electron chi connectivity index (χ3n) is 4.74. The number of benzene rings is 2. The number of anilines is 1. The molecule has 2 aromatic heterocycles. The van der Waals surface area contributed by atoms with Crippen LogP contribution < -0.4 is 5.32 Å². The highest BCUT2D eigenvalue weighted by Crippen LogP contribution is 2.21. The summed E-state index contributed by atoms with van der Waals surface area (Å²) in [6, 6.07) is 18.0. The van der Waals surface area contributed by atoms with E-state index in [1.165, 1.54) is 16.9 Å². The fraction of sp³-hybridized carbons (Fsp3) is 0.261. The van der Waals surface area contributed by atoms with Crippen molar-refractivity contribution in [2.45, 2.75) is 26.3 Å². The zero-order valence-corrected chi connectivity index (χ0v) is 17.7. The molecule has 1 amide bonds. The molecule has 4 aromatic rings. The monoisotopic (exact) mass is 420 g/mol. The fourth-order valence-corrected chi connectivity index (χ4v) is 4.11. The van der Waals surface area contributed by atoms with Gasteiger partial charge in [0.15, 0.2) is 0 Å². The summed E-state index contributed by atoms with van der Waals surface area (Å²) >= 11 is 1.50. The van der Waals surface area contributed by atoms with Crippen LogP contribution in [-0.2, 0) is 17.7 Å². The Morgan fingerprint density at radius 1 is 1.10 bits per heavy atom. The summed E-state index contributed by atoms with van der Waals surface area (Å²) in [4.78, 5) is 22.0. The van der Waals surface area contributed by atoms with Crippen molar-refractivity contribution < 1.29 is 9.53 Å². The molecule has 154 valence electrons. The number of fused-ring (bicyclic) bond motifs is 1. The molecule has 0 radical (unpaired) electrons. The van der Waals surface area contributed by atoms with E-state index in [-0.39, 0.29) is 5.91 Å². The summed E-state index contributed by atoms with van der Waals surface area (Å²) in [6.07, 6.45) is 1.56. The van der Waals surface area contributed by atoms with Gasteiger partial charge in [0.05, 0.1) is 16.0 Å². The zero-order chi connectivity index (χ0) is 20.8. The molecule has 0 bridgehead atoms. The highest BCUT2D eigenvalue weighted by atomic mass is 32.1. The van der Waals surface area contributed by atoms with Crippen molar-refractivity contribution in [1.29, 1.82) is 0 Å². The van der Waals surface area contributed by atoms with Gasteiger partial charge < -0.3 is 9.30 Å². The molecule has 2 heterocycles. The lowest BCUT2D eigenvalue weighted by Gasteiger charge is -2.09. The van der Waals surface area contributed by atoms with E-state index in [9.17, 15) is 4.79 Å². The average Bonchev–Trinajstić information content (AvgIpc) is 3.37. The lowest BCUT2D eigenvalue weighted by atomic mass is 10.2. The van der Waals surface area contributed by atoms with Crippen LogP contribution in [0.15, 0.2) is 60.0 Å². The molecule has 4 rings (SSSR count). The van der Waals surface area contributed by atoms with Crippen molar-refractivity contribution in [1.82, 2.24) is 14.5 Å². The number of rotatable bonds is 9. The molecular formula is C23H24N4O2S. The van der Waals surface area contributed by atoms with E-state index < -0.39 is 0 Å². The maximum atomic E-state index is 12.8. The number of aryl methyl sites for hydroxylation is 1. The topological polar surface area (TPSA) is 69.0 Å². The summed E-state index contributed by atoms with van der Waals surface area (Å²) in [5.74, 6) is 0.294. The second-order valence-electron chi connectivity index (χ2n) is 6.87. The first-order valence-electron chi connectivity index (χ1n) is 10.1. The van der Waals surface area contributed by atoms with Crippen molar-refractivity contribution in [3.8, 4) is 0 Å². The highest BCUT2D eigenvalue weighted by Gasteiger charge is 2.16. The molecule has 0 saturated heterocycles. The molecule has 0 spiro atoms. The first-order chi connectivity index (χ1) is 14.7. The molecule has 0 atom stereocenters. The van der Waals surface area contributed by atoms with Crippen LogP contribution in [0.25, 0.3) is 11.0 Å². The molecule has 6 nitrogen and oxygen atoms in total. The third kappa shape index (κ3) is 4.75. The van der Waals surface area contributed by atoms with Gasteiger partial charge in [-0.2, -0.15) is 0 Å². The Morgan fingerprint density at radius 2 is 1.90 bits per heavy atom. The Kier molecular flexibility index (Phi) is 6.51. The van der Waals surface area contributed by atoms with Crippen LogP contribution in [0, 0.1) is 0 Å². The second kappa shape index (κ2) is 9.65. The van der Waals surface area contributed by atoms with E-state index in [0.29, 0.717) is 37.8 Å². The van der Waals surface area contributed by atoms with Gasteiger partial charge in [0.1, 0.15) is 5.69 Å². The van der Waals surface area contributed by atoms with E-state index in [2.05, 4.69) is 27.4 Å². The van der Waals surface area contributed by atoms with Gasteiger partial charge in [-0.25, -0.2) is 9.97 Å². The molecule has 0 saturated carbocycles. The van der Waals surface area contributed by atoms with Gasteiger partial charge in [-0.15, -0.1) is 11.3 Å². The van der Waals surface area contributed by atoms with Crippen LogP contribution >= 0.6 is 11.3 Å². The zero-order valence-electron chi connectivity index (χ0n) is 16.9. The lowest BCUT2D eigenvalue weighted by Crippen LogP contribution is -2.17. The van der Waals surface area contributed by atoms with Crippen molar-refractivity contribution in [2.75, 3.05) is 18.5 Å². The third-order valence-corrected chi connectivity index (χ3v) is 5.59. The predicted molar refractivity (Wildman–Crippen MR) is 120 cm³/mol. The Hall–Kier alpha value is -3.03. The summed E-state index contributed by atoms with van der Waals surface area (Å²) in [7, 11) is 0. The summed E-state index contributed by atoms with van der Waals surface area (Å²) < 4.78 is 7.49. The average molecular weight is 421 g/mol. The summed E-state index contributed by atoms with van der Waals surface area (Å²) in [5, 5.41) is 5.67. The molecule has 0 fully saturated rings. The number of carbonyl (C=O) groups is 1. The molecule has 0 aliphatic heterocycles. The standard InChI is InChI=1S/C23H24N4O2S/c1-2-29-14-8-13-27-20-12-7-6-11-18(20)25-23(27)26-22(28)19-16-30-21(24-19)15-17-9-4-3-5-10-17/h3-7,9-12,16H,2,8,13-15H2,1H3,(H,25,26,28). The minimum Gasteiger partial charge on any atom is -0.382 e. The minimum atomic E-state index is -0.244. The minimum absolute atomic E-state index is 0.244. The number of aromatic nitrogens is 3. The normalized spacial score (nSPS) is 11.1. The number of nitrogens with zero attached hydrogens (tertiary/aromatic N) is 3. The Labute approximate surface area is 179 Å². The maximum absolute atomic E-state index is 12.8. The van der Waals surface area contributed by atoms with Gasteiger partial charge in [-0.1, -0.05) is 42.5 Å². The number of amides is 1. The Morgan fingerprint density at radius 3 is 2.73 bits per heavy atom. The van der Waals surface area contributed by atoms with Crippen LogP contribution in [0.5, 0.6) is 0 Å². The van der Waals surface area contributed by atoms with Gasteiger partial charge in [0.2, 0.25) is 5.95 Å². The summed E-state index contributed by atoms with van der Waals surface area (Å²) in [5.41, 5.74) is 3.44. The van der Waals surface area contributed by atoms with Gasteiger partial charge >= 0.3 is 0 Å². The SMILES string of the molecule is CCOCCCn1c(NC(=O)c2csc(Cc3ccccc3)n2)nc2ccccc21. The molecule has 7 heteroatoms. The number of carbonyl (C=O) groups excluding carboxylic acids is 1. The quantitative estimate of drug-likeness (QED) is 0.396. The number of thiazole rings is 1. The van der Waals surface area contributed by atoms with Crippen LogP contribution in [0.4, 0.5) is 5.95 Å². The van der Waals surface area contributed by atoms with Gasteiger partial charge in [-0.05, 0) is 31.0 Å². The largest absolute Gasteiger partial charge is 0.382 e. The Balaban J connectivity index is 1.50. The van der Waals surface area contributed by atoms with Crippen molar-refractivity contribution in [3.63, 3.8) is 0 Å². The number of hydrogen-bond donors (Lipinski definition) is 1. The molecule has 0 aliphatic carbocycles. The van der Waals surface area contributed by atoms with Crippen LogP contribution in [0.3, 0.4) is 0 Å².